The predicted molar refractivity (Wildman–Crippen MR) is 142 cm³/mol. The van der Waals surface area contributed by atoms with Gasteiger partial charge in [0.2, 0.25) is 5.91 Å². The van der Waals surface area contributed by atoms with Gasteiger partial charge >= 0.3 is 6.03 Å². The van der Waals surface area contributed by atoms with E-state index in [2.05, 4.69) is 5.32 Å². The van der Waals surface area contributed by atoms with Crippen LogP contribution in [-0.2, 0) is 22.6 Å². The first-order valence-electron chi connectivity index (χ1n) is 12.3. The van der Waals surface area contributed by atoms with Gasteiger partial charge in [0.25, 0.3) is 0 Å². The van der Waals surface area contributed by atoms with E-state index in [9.17, 15) is 14.0 Å². The highest BCUT2D eigenvalue weighted by atomic mass is 32.1. The number of urea groups is 1. The third-order valence-corrected chi connectivity index (χ3v) is 7.36. The van der Waals surface area contributed by atoms with Crippen LogP contribution in [0.1, 0.15) is 28.8 Å². The van der Waals surface area contributed by atoms with Crippen molar-refractivity contribution >= 4 is 29.0 Å². The Bertz CT molecular complexity index is 1190. The highest BCUT2D eigenvalue weighted by molar-refractivity contribution is 7.10. The number of ether oxygens (including phenoxy) is 2. The number of hydrogen-bond acceptors (Lipinski definition) is 5. The second kappa shape index (κ2) is 12.7. The summed E-state index contributed by atoms with van der Waals surface area (Å²) in [5.74, 6) is 0.00197. The molecule has 0 unspecified atom stereocenters. The number of benzene rings is 2. The molecule has 1 fully saturated rings. The first kappa shape index (κ1) is 26.6. The first-order valence-corrected chi connectivity index (χ1v) is 13.2. The molecule has 196 valence electrons. The zero-order valence-corrected chi connectivity index (χ0v) is 21.9. The number of thiophene rings is 1. The van der Waals surface area contributed by atoms with Crippen molar-refractivity contribution in [3.8, 4) is 5.75 Å². The number of nitrogens with zero attached hydrogens (tertiary/aromatic N) is 2. The summed E-state index contributed by atoms with van der Waals surface area (Å²) in [5, 5.41) is 4.88. The molecule has 0 radical (unpaired) electrons. The van der Waals surface area contributed by atoms with Gasteiger partial charge in [-0.05, 0) is 66.6 Å². The smallest absolute Gasteiger partial charge is 0.322 e. The number of carbonyl (C=O) groups is 2. The van der Waals surface area contributed by atoms with Gasteiger partial charge in [0.1, 0.15) is 18.1 Å². The van der Waals surface area contributed by atoms with Crippen molar-refractivity contribution in [2.45, 2.75) is 39.0 Å². The van der Waals surface area contributed by atoms with Gasteiger partial charge in [-0.3, -0.25) is 4.79 Å². The van der Waals surface area contributed by atoms with Crippen LogP contribution in [0.4, 0.5) is 14.9 Å². The molecule has 1 aliphatic rings. The molecular weight excluding hydrogens is 493 g/mol. The average Bonchev–Trinajstić information content (AvgIpc) is 3.56. The van der Waals surface area contributed by atoms with Crippen molar-refractivity contribution in [1.82, 2.24) is 9.80 Å². The number of hydrogen-bond donors (Lipinski definition) is 1. The Morgan fingerprint density at radius 3 is 2.57 bits per heavy atom. The topological polar surface area (TPSA) is 71.1 Å². The lowest BCUT2D eigenvalue weighted by Crippen LogP contribution is -2.46. The molecule has 1 N–H and O–H groups in total. The maximum Gasteiger partial charge on any atom is 0.322 e. The minimum absolute atomic E-state index is 0.119. The maximum absolute atomic E-state index is 13.7. The highest BCUT2D eigenvalue weighted by Gasteiger charge is 2.27. The fourth-order valence-corrected chi connectivity index (χ4v) is 5.16. The highest BCUT2D eigenvalue weighted by Crippen LogP contribution is 2.24. The van der Waals surface area contributed by atoms with Gasteiger partial charge in [-0.2, -0.15) is 0 Å². The normalized spacial score (nSPS) is 14.8. The Morgan fingerprint density at radius 2 is 1.89 bits per heavy atom. The Hall–Kier alpha value is -3.43. The Labute approximate surface area is 220 Å². The van der Waals surface area contributed by atoms with E-state index < -0.39 is 6.03 Å². The number of methoxy groups -OCH3 is 1. The Morgan fingerprint density at radius 1 is 1.11 bits per heavy atom. The van der Waals surface area contributed by atoms with Crippen LogP contribution in [0, 0.1) is 12.7 Å². The molecule has 0 saturated carbocycles. The molecule has 0 bridgehead atoms. The number of para-hydroxylation sites is 2. The number of aryl methyl sites for hydroxylation is 1. The molecule has 7 nitrogen and oxygen atoms in total. The van der Waals surface area contributed by atoms with Crippen LogP contribution in [0.2, 0.25) is 0 Å². The zero-order chi connectivity index (χ0) is 26.2. The summed E-state index contributed by atoms with van der Waals surface area (Å²) < 4.78 is 24.6. The molecule has 1 atom stereocenters. The summed E-state index contributed by atoms with van der Waals surface area (Å²) in [6.07, 6.45) is 1.64. The lowest BCUT2D eigenvalue weighted by atomic mass is 10.2. The molecule has 37 heavy (non-hydrogen) atoms. The van der Waals surface area contributed by atoms with E-state index in [0.717, 1.165) is 28.8 Å². The van der Waals surface area contributed by atoms with Gasteiger partial charge in [0.05, 0.1) is 25.4 Å². The molecule has 0 aliphatic carbocycles. The SMILES string of the molecule is COc1ccccc1NC(=O)N(CC(=O)N(Cc1ccc(F)cc1)Cc1sccc1C)C[C@@H]1CCCO1. The van der Waals surface area contributed by atoms with Gasteiger partial charge in [-0.1, -0.05) is 24.3 Å². The van der Waals surface area contributed by atoms with E-state index in [1.54, 1.807) is 47.6 Å². The number of amides is 3. The minimum atomic E-state index is -0.401. The molecule has 2 aromatic carbocycles. The van der Waals surface area contributed by atoms with Crippen molar-refractivity contribution in [3.63, 3.8) is 0 Å². The molecule has 2 heterocycles. The summed E-state index contributed by atoms with van der Waals surface area (Å²) in [7, 11) is 1.54. The summed E-state index contributed by atoms with van der Waals surface area (Å²) in [6, 6.07) is 14.9. The van der Waals surface area contributed by atoms with E-state index in [4.69, 9.17) is 9.47 Å². The van der Waals surface area contributed by atoms with Crippen LogP contribution in [-0.4, -0.2) is 54.6 Å². The monoisotopic (exact) mass is 525 g/mol. The number of halogens is 1. The molecule has 4 rings (SSSR count). The summed E-state index contributed by atoms with van der Waals surface area (Å²) in [5.41, 5.74) is 2.44. The van der Waals surface area contributed by atoms with Crippen LogP contribution in [0.15, 0.2) is 60.0 Å². The van der Waals surface area contributed by atoms with Crippen molar-refractivity contribution in [1.29, 1.82) is 0 Å². The molecule has 1 aliphatic heterocycles. The lowest BCUT2D eigenvalue weighted by molar-refractivity contribution is -0.133. The minimum Gasteiger partial charge on any atom is -0.495 e. The summed E-state index contributed by atoms with van der Waals surface area (Å²) in [4.78, 5) is 31.4. The van der Waals surface area contributed by atoms with Crippen molar-refractivity contribution in [3.05, 3.63) is 81.8 Å². The number of anilines is 1. The van der Waals surface area contributed by atoms with Gasteiger partial charge in [0.15, 0.2) is 0 Å². The third kappa shape index (κ3) is 7.30. The van der Waals surface area contributed by atoms with Crippen LogP contribution in [0.3, 0.4) is 0 Å². The van der Waals surface area contributed by atoms with Crippen molar-refractivity contribution in [2.24, 2.45) is 0 Å². The fourth-order valence-electron chi connectivity index (χ4n) is 4.24. The fraction of sp³-hybridized carbons (Fsp3) is 0.357. The van der Waals surface area contributed by atoms with Crippen molar-refractivity contribution < 1.29 is 23.5 Å². The Balaban J connectivity index is 1.54. The molecule has 1 saturated heterocycles. The van der Waals surface area contributed by atoms with E-state index >= 15 is 0 Å². The second-order valence-electron chi connectivity index (χ2n) is 9.05. The Kier molecular flexibility index (Phi) is 9.14. The van der Waals surface area contributed by atoms with Gasteiger partial charge in [-0.15, -0.1) is 11.3 Å². The summed E-state index contributed by atoms with van der Waals surface area (Å²) in [6.45, 7) is 3.55. The van der Waals surface area contributed by atoms with Crippen LogP contribution in [0.5, 0.6) is 5.75 Å². The largest absolute Gasteiger partial charge is 0.495 e. The predicted octanol–water partition coefficient (Wildman–Crippen LogP) is 5.45. The first-order chi connectivity index (χ1) is 17.9. The lowest BCUT2D eigenvalue weighted by Gasteiger charge is -2.29. The molecule has 9 heteroatoms. The third-order valence-electron chi connectivity index (χ3n) is 6.35. The number of nitrogens with one attached hydrogen (secondary N) is 1. The molecule has 3 amide bonds. The van der Waals surface area contributed by atoms with E-state index in [1.807, 2.05) is 30.5 Å². The van der Waals surface area contributed by atoms with E-state index in [1.165, 1.54) is 17.0 Å². The van der Waals surface area contributed by atoms with E-state index in [-0.39, 0.29) is 24.4 Å². The van der Waals surface area contributed by atoms with Gasteiger partial charge in [0, 0.05) is 24.6 Å². The second-order valence-corrected chi connectivity index (χ2v) is 10.0. The van der Waals surface area contributed by atoms with Gasteiger partial charge in [-0.25, -0.2) is 9.18 Å². The molecular formula is C28H32FN3O4S. The van der Waals surface area contributed by atoms with Crippen LogP contribution < -0.4 is 10.1 Å². The van der Waals surface area contributed by atoms with E-state index in [0.29, 0.717) is 37.7 Å². The van der Waals surface area contributed by atoms with Crippen molar-refractivity contribution in [2.75, 3.05) is 32.1 Å². The zero-order valence-electron chi connectivity index (χ0n) is 21.1. The quantitative estimate of drug-likeness (QED) is 0.382. The average molecular weight is 526 g/mol. The van der Waals surface area contributed by atoms with Crippen LogP contribution in [0.25, 0.3) is 0 Å². The number of rotatable bonds is 10. The summed E-state index contributed by atoms with van der Waals surface area (Å²) >= 11 is 1.58. The van der Waals surface area contributed by atoms with Crippen LogP contribution >= 0.6 is 11.3 Å². The number of carbonyl (C=O) groups excluding carboxylic acids is 2. The molecule has 1 aromatic heterocycles. The van der Waals surface area contributed by atoms with Gasteiger partial charge < -0.3 is 24.6 Å². The molecule has 3 aromatic rings. The molecule has 0 spiro atoms. The standard InChI is InChI=1S/C28H32FN3O4S/c1-20-13-15-37-26(20)18-31(16-21-9-11-22(29)12-10-21)27(33)19-32(17-23-6-5-14-36-23)28(34)30-24-7-3-4-8-25(24)35-2/h3-4,7-13,15,23H,5-6,14,16-19H2,1-2H3,(H,30,34)/t23-/m0/s1. The maximum atomic E-state index is 13.7.